The maximum Gasteiger partial charge on any atom is 0.146 e. The van der Waals surface area contributed by atoms with Crippen molar-refractivity contribution in [1.29, 1.82) is 0 Å². The van der Waals surface area contributed by atoms with E-state index < -0.39 is 0 Å². The Morgan fingerprint density at radius 3 is 2.86 bits per heavy atom. The Bertz CT molecular complexity index is 585. The molecule has 1 unspecified atom stereocenters. The Morgan fingerprint density at radius 2 is 2.14 bits per heavy atom. The Labute approximate surface area is 128 Å². The van der Waals surface area contributed by atoms with E-state index in [4.69, 9.17) is 11.5 Å². The molecule has 1 heterocycles. The quantitative estimate of drug-likeness (QED) is 0.822. The summed E-state index contributed by atoms with van der Waals surface area (Å²) < 4.78 is 17.6. The predicted octanol–water partition coefficient (Wildman–Crippen LogP) is 2.19. The number of rotatable bonds is 7. The number of benzene rings is 1. The van der Waals surface area contributed by atoms with Gasteiger partial charge in [0.05, 0.1) is 0 Å². The molecule has 0 aliphatic rings. The van der Waals surface area contributed by atoms with E-state index in [2.05, 4.69) is 9.36 Å². The van der Waals surface area contributed by atoms with Crippen LogP contribution >= 0.6 is 11.5 Å². The zero-order valence-electron chi connectivity index (χ0n) is 12.2. The largest absolute Gasteiger partial charge is 0.330 e. The van der Waals surface area contributed by atoms with E-state index in [1.807, 2.05) is 6.07 Å². The Balaban J connectivity index is 1.92. The van der Waals surface area contributed by atoms with Gasteiger partial charge in [-0.05, 0) is 55.0 Å². The molecule has 0 bridgehead atoms. The van der Waals surface area contributed by atoms with E-state index in [1.54, 1.807) is 13.0 Å². The summed E-state index contributed by atoms with van der Waals surface area (Å²) in [6.07, 6.45) is 3.18. The van der Waals surface area contributed by atoms with Crippen LogP contribution in [0.5, 0.6) is 0 Å². The van der Waals surface area contributed by atoms with E-state index >= 15 is 0 Å². The van der Waals surface area contributed by atoms with Crippen molar-refractivity contribution in [2.45, 2.75) is 38.6 Å². The maximum absolute atomic E-state index is 13.2. The van der Waals surface area contributed by atoms with E-state index in [9.17, 15) is 4.39 Å². The molecule has 4 nitrogen and oxygen atoms in total. The lowest BCUT2D eigenvalue weighted by molar-refractivity contribution is 0.574. The first-order valence-electron chi connectivity index (χ1n) is 7.10. The molecule has 0 aliphatic carbocycles. The van der Waals surface area contributed by atoms with Crippen molar-refractivity contribution in [2.75, 3.05) is 6.54 Å². The first-order valence-corrected chi connectivity index (χ1v) is 7.88. The van der Waals surface area contributed by atoms with Crippen LogP contribution in [0.1, 0.15) is 34.8 Å². The van der Waals surface area contributed by atoms with Gasteiger partial charge in [-0.25, -0.2) is 9.37 Å². The average Bonchev–Trinajstić information content (AvgIpc) is 2.89. The standard InChI is InChI=1S/C15H21FN4S/c1-10-8-11(2-4-13(10)16)9-14-19-15(21-20-14)5-3-12(18)6-7-17/h2,4,8,12H,3,5-7,9,17-18H2,1H3. The minimum atomic E-state index is -0.181. The molecule has 1 atom stereocenters. The molecule has 1 aromatic carbocycles. The van der Waals surface area contributed by atoms with Crippen LogP contribution < -0.4 is 11.5 Å². The monoisotopic (exact) mass is 308 g/mol. The third kappa shape index (κ3) is 4.84. The fraction of sp³-hybridized carbons (Fsp3) is 0.467. The molecule has 4 N–H and O–H groups in total. The van der Waals surface area contributed by atoms with Crippen LogP contribution in [0.15, 0.2) is 18.2 Å². The average molecular weight is 308 g/mol. The summed E-state index contributed by atoms with van der Waals surface area (Å²) in [5.74, 6) is 0.605. The molecule has 6 heteroatoms. The summed E-state index contributed by atoms with van der Waals surface area (Å²) in [7, 11) is 0. The minimum absolute atomic E-state index is 0.127. The summed E-state index contributed by atoms with van der Waals surface area (Å²) in [4.78, 5) is 4.52. The highest BCUT2D eigenvalue weighted by atomic mass is 32.1. The van der Waals surface area contributed by atoms with E-state index in [-0.39, 0.29) is 11.9 Å². The minimum Gasteiger partial charge on any atom is -0.330 e. The number of aryl methyl sites for hydroxylation is 2. The van der Waals surface area contributed by atoms with Gasteiger partial charge in [-0.15, -0.1) is 0 Å². The highest BCUT2D eigenvalue weighted by Crippen LogP contribution is 2.15. The first-order chi connectivity index (χ1) is 10.1. The van der Waals surface area contributed by atoms with Crippen LogP contribution in [0, 0.1) is 12.7 Å². The van der Waals surface area contributed by atoms with Crippen molar-refractivity contribution in [3.8, 4) is 0 Å². The molecule has 21 heavy (non-hydrogen) atoms. The van der Waals surface area contributed by atoms with Gasteiger partial charge in [0.15, 0.2) is 0 Å². The molecule has 1 aromatic heterocycles. The third-order valence-corrected chi connectivity index (χ3v) is 4.17. The molecular formula is C15H21FN4S. The van der Waals surface area contributed by atoms with Crippen molar-refractivity contribution in [2.24, 2.45) is 11.5 Å². The van der Waals surface area contributed by atoms with Crippen molar-refractivity contribution in [1.82, 2.24) is 9.36 Å². The van der Waals surface area contributed by atoms with Gasteiger partial charge in [0.1, 0.15) is 16.6 Å². The van der Waals surface area contributed by atoms with Gasteiger partial charge in [-0.1, -0.05) is 12.1 Å². The third-order valence-electron chi connectivity index (χ3n) is 3.36. The number of nitrogens with zero attached hydrogens (tertiary/aromatic N) is 2. The van der Waals surface area contributed by atoms with Gasteiger partial charge in [0.2, 0.25) is 0 Å². The lowest BCUT2D eigenvalue weighted by atomic mass is 10.1. The van der Waals surface area contributed by atoms with Crippen LogP contribution in [0.25, 0.3) is 0 Å². The predicted molar refractivity (Wildman–Crippen MR) is 83.8 cm³/mol. The van der Waals surface area contributed by atoms with Crippen molar-refractivity contribution >= 4 is 11.5 Å². The number of halogens is 1. The van der Waals surface area contributed by atoms with E-state index in [0.29, 0.717) is 18.5 Å². The summed E-state index contributed by atoms with van der Waals surface area (Å²) in [5, 5.41) is 0.997. The zero-order valence-corrected chi connectivity index (χ0v) is 13.0. The summed E-state index contributed by atoms with van der Waals surface area (Å²) in [6.45, 7) is 2.38. The molecular weight excluding hydrogens is 287 g/mol. The van der Waals surface area contributed by atoms with Crippen LogP contribution in [-0.4, -0.2) is 21.9 Å². The SMILES string of the molecule is Cc1cc(Cc2nsc(CCC(N)CCN)n2)ccc1F. The topological polar surface area (TPSA) is 77.8 Å². The Kier molecular flexibility index (Phi) is 5.78. The molecule has 0 saturated carbocycles. The highest BCUT2D eigenvalue weighted by Gasteiger charge is 2.08. The van der Waals surface area contributed by atoms with E-state index in [0.717, 1.165) is 35.7 Å². The van der Waals surface area contributed by atoms with Crippen molar-refractivity contribution in [3.63, 3.8) is 0 Å². The lowest BCUT2D eigenvalue weighted by Gasteiger charge is -2.07. The maximum atomic E-state index is 13.2. The number of hydrogen-bond donors (Lipinski definition) is 2. The molecule has 2 rings (SSSR count). The molecule has 0 radical (unpaired) electrons. The van der Waals surface area contributed by atoms with Gasteiger partial charge < -0.3 is 11.5 Å². The van der Waals surface area contributed by atoms with Gasteiger partial charge in [0.25, 0.3) is 0 Å². The molecule has 0 aliphatic heterocycles. The van der Waals surface area contributed by atoms with Gasteiger partial charge in [0, 0.05) is 18.9 Å². The summed E-state index contributed by atoms with van der Waals surface area (Å²) in [5.41, 5.74) is 13.1. The smallest absolute Gasteiger partial charge is 0.146 e. The molecule has 0 saturated heterocycles. The second-order valence-corrected chi connectivity index (χ2v) is 6.08. The highest BCUT2D eigenvalue weighted by molar-refractivity contribution is 7.05. The lowest BCUT2D eigenvalue weighted by Crippen LogP contribution is -2.24. The molecule has 0 spiro atoms. The van der Waals surface area contributed by atoms with Crippen LogP contribution in [-0.2, 0) is 12.8 Å². The van der Waals surface area contributed by atoms with Crippen molar-refractivity contribution in [3.05, 3.63) is 46.0 Å². The molecule has 114 valence electrons. The normalized spacial score (nSPS) is 12.6. The number of nitrogens with two attached hydrogens (primary N) is 2. The molecule has 0 amide bonds. The van der Waals surface area contributed by atoms with Gasteiger partial charge in [-0.2, -0.15) is 4.37 Å². The Morgan fingerprint density at radius 1 is 1.33 bits per heavy atom. The fourth-order valence-electron chi connectivity index (χ4n) is 2.13. The second-order valence-electron chi connectivity index (χ2n) is 5.24. The molecule has 2 aromatic rings. The second kappa shape index (κ2) is 7.59. The summed E-state index contributed by atoms with van der Waals surface area (Å²) in [6, 6.07) is 5.24. The van der Waals surface area contributed by atoms with Crippen LogP contribution in [0.2, 0.25) is 0 Å². The number of hydrogen-bond acceptors (Lipinski definition) is 5. The zero-order chi connectivity index (χ0) is 15.2. The van der Waals surface area contributed by atoms with Gasteiger partial charge >= 0.3 is 0 Å². The number of aromatic nitrogens is 2. The van der Waals surface area contributed by atoms with Crippen molar-refractivity contribution < 1.29 is 4.39 Å². The van der Waals surface area contributed by atoms with E-state index in [1.165, 1.54) is 17.6 Å². The van der Waals surface area contributed by atoms with Crippen LogP contribution in [0.3, 0.4) is 0 Å². The molecule has 0 fully saturated rings. The van der Waals surface area contributed by atoms with Crippen LogP contribution in [0.4, 0.5) is 4.39 Å². The summed E-state index contributed by atoms with van der Waals surface area (Å²) >= 11 is 1.41. The fourth-order valence-corrected chi connectivity index (χ4v) is 2.80. The van der Waals surface area contributed by atoms with Gasteiger partial charge in [-0.3, -0.25) is 0 Å². The Hall–Kier alpha value is -1.37. The first kappa shape index (κ1) is 16.0.